The van der Waals surface area contributed by atoms with Crippen molar-refractivity contribution in [1.29, 1.82) is 0 Å². The lowest BCUT2D eigenvalue weighted by atomic mass is 10.1. The fourth-order valence-corrected chi connectivity index (χ4v) is 3.68. The van der Waals surface area contributed by atoms with E-state index in [1.165, 1.54) is 5.56 Å². The minimum absolute atomic E-state index is 0. The Labute approximate surface area is 177 Å². The van der Waals surface area contributed by atoms with Gasteiger partial charge in [-0.15, -0.1) is 24.8 Å². The van der Waals surface area contributed by atoms with E-state index in [0.717, 1.165) is 42.4 Å². The van der Waals surface area contributed by atoms with Gasteiger partial charge in [-0.1, -0.05) is 36.4 Å². The molecule has 1 amide bonds. The van der Waals surface area contributed by atoms with E-state index >= 15 is 0 Å². The van der Waals surface area contributed by atoms with Gasteiger partial charge in [0.25, 0.3) is 0 Å². The molecule has 28 heavy (non-hydrogen) atoms. The zero-order chi connectivity index (χ0) is 17.9. The maximum atomic E-state index is 12.2. The first-order chi connectivity index (χ1) is 12.7. The molecule has 1 aromatic heterocycles. The summed E-state index contributed by atoms with van der Waals surface area (Å²) in [7, 11) is 0. The highest BCUT2D eigenvalue weighted by atomic mass is 35.5. The van der Waals surface area contributed by atoms with Crippen LogP contribution in [0.3, 0.4) is 0 Å². The molecule has 0 bridgehead atoms. The zero-order valence-electron chi connectivity index (χ0n) is 15.6. The van der Waals surface area contributed by atoms with Gasteiger partial charge in [-0.2, -0.15) is 0 Å². The first-order valence-electron chi connectivity index (χ1n) is 9.20. The highest BCUT2D eigenvalue weighted by Gasteiger charge is 2.27. The number of nitrogens with one attached hydrogen (secondary N) is 1. The quantitative estimate of drug-likeness (QED) is 0.660. The Hall–Kier alpha value is -2.08. The van der Waals surface area contributed by atoms with E-state index in [4.69, 9.17) is 5.73 Å². The first kappa shape index (κ1) is 22.2. The molecule has 2 aromatic carbocycles. The van der Waals surface area contributed by atoms with Crippen LogP contribution < -0.4 is 11.1 Å². The van der Waals surface area contributed by atoms with Crippen LogP contribution in [0, 0.1) is 5.92 Å². The van der Waals surface area contributed by atoms with Gasteiger partial charge < -0.3 is 15.6 Å². The minimum Gasteiger partial charge on any atom is -0.352 e. The summed E-state index contributed by atoms with van der Waals surface area (Å²) in [4.78, 5) is 16.6. The summed E-state index contributed by atoms with van der Waals surface area (Å²) in [6.07, 6.45) is 4.55. The van der Waals surface area contributed by atoms with Crippen molar-refractivity contribution < 1.29 is 4.79 Å². The van der Waals surface area contributed by atoms with Crippen LogP contribution in [0.2, 0.25) is 0 Å². The van der Waals surface area contributed by atoms with Crippen LogP contribution in [0.15, 0.2) is 54.9 Å². The van der Waals surface area contributed by atoms with Gasteiger partial charge in [0.2, 0.25) is 5.91 Å². The number of halogens is 2. The number of nitrogens with zero attached hydrogens (tertiary/aromatic N) is 2. The third kappa shape index (κ3) is 5.04. The van der Waals surface area contributed by atoms with Crippen molar-refractivity contribution in [3.63, 3.8) is 0 Å². The van der Waals surface area contributed by atoms with Gasteiger partial charge in [-0.25, -0.2) is 4.98 Å². The van der Waals surface area contributed by atoms with Crippen LogP contribution in [0.25, 0.3) is 11.0 Å². The number of fused-ring (bicyclic) bond motifs is 1. The van der Waals surface area contributed by atoms with Gasteiger partial charge in [-0.05, 0) is 42.5 Å². The van der Waals surface area contributed by atoms with Crippen molar-refractivity contribution in [2.24, 2.45) is 11.7 Å². The lowest BCUT2D eigenvalue weighted by Crippen LogP contribution is -2.29. The van der Waals surface area contributed by atoms with Gasteiger partial charge in [0.1, 0.15) is 0 Å². The molecule has 3 aromatic rings. The number of hydrogen-bond donors (Lipinski definition) is 2. The van der Waals surface area contributed by atoms with Crippen molar-refractivity contribution in [1.82, 2.24) is 14.9 Å². The normalized spacial score (nSPS) is 18.3. The fourth-order valence-electron chi connectivity index (χ4n) is 3.68. The average molecular weight is 421 g/mol. The van der Waals surface area contributed by atoms with Crippen LogP contribution in [-0.2, 0) is 17.9 Å². The Balaban J connectivity index is 0.00000140. The Kier molecular flexibility index (Phi) is 7.87. The van der Waals surface area contributed by atoms with Gasteiger partial charge in [0.15, 0.2) is 0 Å². The van der Waals surface area contributed by atoms with Crippen LogP contribution in [0.4, 0.5) is 0 Å². The number of amides is 1. The highest BCUT2D eigenvalue weighted by molar-refractivity contribution is 5.85. The molecule has 0 radical (unpaired) electrons. The third-order valence-corrected chi connectivity index (χ3v) is 5.21. The Morgan fingerprint density at radius 3 is 2.50 bits per heavy atom. The molecular weight excluding hydrogens is 395 g/mol. The van der Waals surface area contributed by atoms with Crippen LogP contribution in [0.1, 0.15) is 30.4 Å². The number of nitrogens with two attached hydrogens (primary N) is 1. The molecule has 0 saturated heterocycles. The molecule has 150 valence electrons. The molecule has 2 atom stereocenters. The summed E-state index contributed by atoms with van der Waals surface area (Å²) >= 11 is 0. The summed E-state index contributed by atoms with van der Waals surface area (Å²) in [5.41, 5.74) is 10.4. The lowest BCUT2D eigenvalue weighted by Gasteiger charge is -2.11. The van der Waals surface area contributed by atoms with E-state index in [2.05, 4.69) is 45.2 Å². The molecule has 4 rings (SSSR count). The van der Waals surface area contributed by atoms with Crippen molar-refractivity contribution in [2.75, 3.05) is 0 Å². The predicted molar refractivity (Wildman–Crippen MR) is 117 cm³/mol. The second-order valence-electron chi connectivity index (χ2n) is 7.17. The first-order valence-corrected chi connectivity index (χ1v) is 9.20. The predicted octanol–water partition coefficient (Wildman–Crippen LogP) is 3.67. The van der Waals surface area contributed by atoms with E-state index < -0.39 is 0 Å². The highest BCUT2D eigenvalue weighted by Crippen LogP contribution is 2.24. The number of imidazole rings is 1. The molecule has 7 heteroatoms. The molecule has 0 aliphatic heterocycles. The smallest absolute Gasteiger partial charge is 0.223 e. The fraction of sp³-hybridized carbons (Fsp3) is 0.333. The standard InChI is InChI=1S/C21H24N4O.2ClH/c22-18-10-9-17(11-18)21(26)23-12-15-5-7-16(8-6-15)13-25-14-24-19-3-1-2-4-20(19)25;;/h1-8,14,17-18H,9-13,22H2,(H,23,26);2*1H. The molecule has 2 unspecified atom stereocenters. The molecule has 1 aliphatic carbocycles. The summed E-state index contributed by atoms with van der Waals surface area (Å²) in [6.45, 7) is 1.35. The monoisotopic (exact) mass is 420 g/mol. The maximum Gasteiger partial charge on any atom is 0.223 e. The van der Waals surface area contributed by atoms with Crippen LogP contribution in [0.5, 0.6) is 0 Å². The van der Waals surface area contributed by atoms with Crippen molar-refractivity contribution in [3.05, 3.63) is 66.0 Å². The van der Waals surface area contributed by atoms with Crippen molar-refractivity contribution in [3.8, 4) is 0 Å². The summed E-state index contributed by atoms with van der Waals surface area (Å²) < 4.78 is 2.15. The molecule has 1 fully saturated rings. The van der Waals surface area contributed by atoms with Gasteiger partial charge >= 0.3 is 0 Å². The molecule has 1 aliphatic rings. The summed E-state index contributed by atoms with van der Waals surface area (Å²) in [5, 5.41) is 3.04. The minimum atomic E-state index is 0. The molecule has 3 N–H and O–H groups in total. The van der Waals surface area contributed by atoms with Crippen LogP contribution >= 0.6 is 24.8 Å². The summed E-state index contributed by atoms with van der Waals surface area (Å²) in [6, 6.07) is 16.7. The molecule has 5 nitrogen and oxygen atoms in total. The average Bonchev–Trinajstić information content (AvgIpc) is 3.28. The van der Waals surface area contributed by atoms with Gasteiger partial charge in [-0.3, -0.25) is 4.79 Å². The Bertz CT molecular complexity index is 910. The van der Waals surface area contributed by atoms with E-state index in [1.807, 2.05) is 24.5 Å². The Morgan fingerprint density at radius 1 is 1.07 bits per heavy atom. The van der Waals surface area contributed by atoms with Crippen molar-refractivity contribution in [2.45, 2.75) is 38.4 Å². The van der Waals surface area contributed by atoms with Gasteiger partial charge in [0, 0.05) is 25.0 Å². The number of carbonyl (C=O) groups is 1. The lowest BCUT2D eigenvalue weighted by molar-refractivity contribution is -0.125. The van der Waals surface area contributed by atoms with Crippen molar-refractivity contribution >= 4 is 41.8 Å². The Morgan fingerprint density at radius 2 is 1.79 bits per heavy atom. The SMILES string of the molecule is Cl.Cl.NC1CCC(C(=O)NCc2ccc(Cn3cnc4ccccc43)cc2)C1. The molecular formula is C21H26Cl2N4O. The second kappa shape index (κ2) is 9.92. The number of para-hydroxylation sites is 2. The van der Waals surface area contributed by atoms with E-state index in [0.29, 0.717) is 6.54 Å². The van der Waals surface area contributed by atoms with E-state index in [-0.39, 0.29) is 42.7 Å². The molecule has 1 saturated carbocycles. The number of rotatable bonds is 5. The largest absolute Gasteiger partial charge is 0.352 e. The van der Waals surface area contributed by atoms with Gasteiger partial charge in [0.05, 0.1) is 17.4 Å². The third-order valence-electron chi connectivity index (χ3n) is 5.21. The number of carbonyl (C=O) groups excluding carboxylic acids is 1. The topological polar surface area (TPSA) is 72.9 Å². The zero-order valence-corrected chi connectivity index (χ0v) is 17.2. The van der Waals surface area contributed by atoms with E-state index in [9.17, 15) is 4.79 Å². The van der Waals surface area contributed by atoms with E-state index in [1.54, 1.807) is 0 Å². The molecule has 1 heterocycles. The number of aromatic nitrogens is 2. The maximum absolute atomic E-state index is 12.2. The number of hydrogen-bond acceptors (Lipinski definition) is 3. The van der Waals surface area contributed by atoms with Crippen LogP contribution in [-0.4, -0.2) is 21.5 Å². The number of benzene rings is 2. The molecule has 0 spiro atoms. The second-order valence-corrected chi connectivity index (χ2v) is 7.17. The summed E-state index contributed by atoms with van der Waals surface area (Å²) in [5.74, 6) is 0.214.